The standard InChI is InChI=1S/C16H18BrNS/c1-11(16-7-4-8-19-16)18-13-9-12(10-13)14-5-2-3-6-15(14)17/h2-8,11-13,18H,9-10H2,1H3/t11-,12?,13?/m1/s1. The Hall–Kier alpha value is -0.640. The van der Waals surface area contributed by atoms with Crippen LogP contribution in [0.3, 0.4) is 0 Å². The summed E-state index contributed by atoms with van der Waals surface area (Å²) >= 11 is 5.49. The van der Waals surface area contributed by atoms with Crippen molar-refractivity contribution in [2.24, 2.45) is 0 Å². The van der Waals surface area contributed by atoms with E-state index >= 15 is 0 Å². The van der Waals surface area contributed by atoms with Crippen molar-refractivity contribution in [2.75, 3.05) is 0 Å². The summed E-state index contributed by atoms with van der Waals surface area (Å²) in [6.07, 6.45) is 2.50. The summed E-state index contributed by atoms with van der Waals surface area (Å²) in [5.74, 6) is 0.712. The van der Waals surface area contributed by atoms with Gasteiger partial charge in [0.05, 0.1) is 0 Å². The van der Waals surface area contributed by atoms with Gasteiger partial charge in [0.1, 0.15) is 0 Å². The van der Waals surface area contributed by atoms with Crippen LogP contribution in [0.5, 0.6) is 0 Å². The SMILES string of the molecule is C[C@@H](NC1CC(c2ccccc2Br)C1)c1cccs1. The number of benzene rings is 1. The first kappa shape index (κ1) is 13.3. The second kappa shape index (κ2) is 5.78. The number of nitrogens with one attached hydrogen (secondary N) is 1. The Morgan fingerprint density at radius 2 is 2.00 bits per heavy atom. The van der Waals surface area contributed by atoms with E-state index in [0.29, 0.717) is 18.0 Å². The Labute approximate surface area is 127 Å². The van der Waals surface area contributed by atoms with Crippen molar-refractivity contribution in [1.29, 1.82) is 0 Å². The fourth-order valence-corrected chi connectivity index (χ4v) is 4.14. The maximum Gasteiger partial charge on any atom is 0.0388 e. The molecule has 1 atom stereocenters. The van der Waals surface area contributed by atoms with Crippen molar-refractivity contribution in [3.05, 3.63) is 56.7 Å². The van der Waals surface area contributed by atoms with Gasteiger partial charge >= 0.3 is 0 Å². The van der Waals surface area contributed by atoms with E-state index in [1.165, 1.54) is 27.8 Å². The van der Waals surface area contributed by atoms with E-state index in [1.54, 1.807) is 0 Å². The van der Waals surface area contributed by atoms with Crippen molar-refractivity contribution in [3.8, 4) is 0 Å². The van der Waals surface area contributed by atoms with Crippen molar-refractivity contribution in [3.63, 3.8) is 0 Å². The second-order valence-electron chi connectivity index (χ2n) is 5.29. The number of hydrogen-bond donors (Lipinski definition) is 1. The zero-order valence-electron chi connectivity index (χ0n) is 11.0. The van der Waals surface area contributed by atoms with Gasteiger partial charge in [-0.05, 0) is 48.8 Å². The molecule has 1 saturated carbocycles. The molecule has 3 rings (SSSR count). The van der Waals surface area contributed by atoms with Crippen LogP contribution in [0.1, 0.15) is 42.2 Å². The van der Waals surface area contributed by atoms with E-state index < -0.39 is 0 Å². The minimum Gasteiger partial charge on any atom is -0.307 e. The molecule has 1 aliphatic rings. The molecule has 0 aliphatic heterocycles. The highest BCUT2D eigenvalue weighted by atomic mass is 79.9. The quantitative estimate of drug-likeness (QED) is 0.818. The Kier molecular flexibility index (Phi) is 4.06. The Morgan fingerprint density at radius 3 is 2.68 bits per heavy atom. The molecule has 0 radical (unpaired) electrons. The molecule has 1 aromatic heterocycles. The van der Waals surface area contributed by atoms with Crippen LogP contribution in [-0.2, 0) is 0 Å². The van der Waals surface area contributed by atoms with Gasteiger partial charge in [-0.25, -0.2) is 0 Å². The third-order valence-electron chi connectivity index (χ3n) is 3.94. The van der Waals surface area contributed by atoms with Gasteiger partial charge in [-0.1, -0.05) is 40.2 Å². The first-order valence-corrected chi connectivity index (χ1v) is 8.45. The summed E-state index contributed by atoms with van der Waals surface area (Å²) in [7, 11) is 0. The van der Waals surface area contributed by atoms with Gasteiger partial charge in [-0.2, -0.15) is 0 Å². The zero-order chi connectivity index (χ0) is 13.2. The molecule has 0 spiro atoms. The largest absolute Gasteiger partial charge is 0.307 e. The number of thiophene rings is 1. The molecule has 0 amide bonds. The normalized spacial score (nSPS) is 23.9. The lowest BCUT2D eigenvalue weighted by atomic mass is 9.75. The smallest absolute Gasteiger partial charge is 0.0388 e. The maximum absolute atomic E-state index is 3.73. The summed E-state index contributed by atoms with van der Waals surface area (Å²) < 4.78 is 1.25. The molecule has 0 bridgehead atoms. The third-order valence-corrected chi connectivity index (χ3v) is 5.72. The van der Waals surface area contributed by atoms with Gasteiger partial charge in [-0.3, -0.25) is 0 Å². The first-order valence-electron chi connectivity index (χ1n) is 6.78. The molecule has 1 aliphatic carbocycles. The minimum absolute atomic E-state index is 0.477. The van der Waals surface area contributed by atoms with E-state index in [-0.39, 0.29) is 0 Å². The molecule has 3 heteroatoms. The molecule has 100 valence electrons. The molecule has 1 nitrogen and oxygen atoms in total. The second-order valence-corrected chi connectivity index (χ2v) is 7.12. The van der Waals surface area contributed by atoms with Crippen LogP contribution in [0.25, 0.3) is 0 Å². The van der Waals surface area contributed by atoms with Gasteiger partial charge in [0.15, 0.2) is 0 Å². The van der Waals surface area contributed by atoms with Crippen LogP contribution < -0.4 is 5.32 Å². The van der Waals surface area contributed by atoms with Crippen LogP contribution in [0, 0.1) is 0 Å². The molecule has 1 N–H and O–H groups in total. The van der Waals surface area contributed by atoms with Crippen molar-refractivity contribution in [2.45, 2.75) is 37.8 Å². The fraction of sp³-hybridized carbons (Fsp3) is 0.375. The Bertz CT molecular complexity index is 531. The molecule has 1 heterocycles. The highest BCUT2D eigenvalue weighted by Gasteiger charge is 2.32. The average Bonchev–Trinajstić information content (AvgIpc) is 2.88. The molecular formula is C16H18BrNS. The number of halogens is 1. The molecule has 2 aromatic rings. The molecular weight excluding hydrogens is 318 g/mol. The van der Waals surface area contributed by atoms with E-state index in [4.69, 9.17) is 0 Å². The van der Waals surface area contributed by atoms with Crippen molar-refractivity contribution >= 4 is 27.3 Å². The topological polar surface area (TPSA) is 12.0 Å². The minimum atomic E-state index is 0.477. The van der Waals surface area contributed by atoms with Crippen molar-refractivity contribution in [1.82, 2.24) is 5.32 Å². The highest BCUT2D eigenvalue weighted by molar-refractivity contribution is 9.10. The lowest BCUT2D eigenvalue weighted by molar-refractivity contribution is 0.271. The number of hydrogen-bond acceptors (Lipinski definition) is 2. The van der Waals surface area contributed by atoms with Crippen LogP contribution in [0.2, 0.25) is 0 Å². The molecule has 0 saturated heterocycles. The number of rotatable bonds is 4. The van der Waals surface area contributed by atoms with E-state index in [9.17, 15) is 0 Å². The predicted molar refractivity (Wildman–Crippen MR) is 85.8 cm³/mol. The average molecular weight is 336 g/mol. The molecule has 1 aromatic carbocycles. The molecule has 1 fully saturated rings. The van der Waals surface area contributed by atoms with Crippen LogP contribution >= 0.6 is 27.3 Å². The molecule has 19 heavy (non-hydrogen) atoms. The fourth-order valence-electron chi connectivity index (χ4n) is 2.79. The van der Waals surface area contributed by atoms with Gasteiger partial charge in [0.25, 0.3) is 0 Å². The van der Waals surface area contributed by atoms with Crippen LogP contribution in [0.15, 0.2) is 46.3 Å². The van der Waals surface area contributed by atoms with Crippen LogP contribution in [-0.4, -0.2) is 6.04 Å². The Morgan fingerprint density at radius 1 is 1.21 bits per heavy atom. The lowest BCUT2D eigenvalue weighted by Crippen LogP contribution is -2.41. The Balaban J connectivity index is 1.55. The summed E-state index contributed by atoms with van der Waals surface area (Å²) in [4.78, 5) is 1.43. The monoisotopic (exact) mass is 335 g/mol. The summed E-state index contributed by atoms with van der Waals surface area (Å²) in [6, 6.07) is 14.1. The zero-order valence-corrected chi connectivity index (χ0v) is 13.4. The van der Waals surface area contributed by atoms with Gasteiger partial charge < -0.3 is 5.32 Å². The third kappa shape index (κ3) is 2.93. The summed E-state index contributed by atoms with van der Waals surface area (Å²) in [5, 5.41) is 5.88. The van der Waals surface area contributed by atoms with Gasteiger partial charge in [-0.15, -0.1) is 11.3 Å². The van der Waals surface area contributed by atoms with E-state index in [1.807, 2.05) is 11.3 Å². The first-order chi connectivity index (χ1) is 9.24. The summed E-state index contributed by atoms with van der Waals surface area (Å²) in [6.45, 7) is 2.26. The lowest BCUT2D eigenvalue weighted by Gasteiger charge is -2.38. The summed E-state index contributed by atoms with van der Waals surface area (Å²) in [5.41, 5.74) is 1.46. The predicted octanol–water partition coefficient (Wildman–Crippen LogP) is 5.11. The van der Waals surface area contributed by atoms with Crippen molar-refractivity contribution < 1.29 is 0 Å². The van der Waals surface area contributed by atoms with Crippen LogP contribution in [0.4, 0.5) is 0 Å². The maximum atomic E-state index is 3.73. The van der Waals surface area contributed by atoms with Gasteiger partial charge in [0, 0.05) is 21.4 Å². The van der Waals surface area contributed by atoms with E-state index in [0.717, 1.165) is 0 Å². The highest BCUT2D eigenvalue weighted by Crippen LogP contribution is 2.40. The van der Waals surface area contributed by atoms with Gasteiger partial charge in [0.2, 0.25) is 0 Å². The van der Waals surface area contributed by atoms with E-state index in [2.05, 4.69) is 69.9 Å². The molecule has 0 unspecified atom stereocenters.